The van der Waals surface area contributed by atoms with E-state index in [2.05, 4.69) is 10.3 Å². The van der Waals surface area contributed by atoms with Crippen LogP contribution in [-0.4, -0.2) is 23.3 Å². The highest BCUT2D eigenvalue weighted by Gasteiger charge is 2.37. The number of nitrogens with one attached hydrogen (secondary N) is 1. The van der Waals surface area contributed by atoms with Crippen LogP contribution >= 0.6 is 0 Å². The second-order valence-electron chi connectivity index (χ2n) is 7.71. The molecule has 0 aliphatic carbocycles. The number of pyridine rings is 1. The molecule has 1 aliphatic heterocycles. The molecule has 7 heteroatoms. The van der Waals surface area contributed by atoms with E-state index in [9.17, 15) is 9.59 Å². The molecule has 0 fully saturated rings. The van der Waals surface area contributed by atoms with Crippen LogP contribution in [0.4, 0.5) is 17.3 Å². The zero-order valence-corrected chi connectivity index (χ0v) is 17.7. The Morgan fingerprint density at radius 2 is 1.77 bits per heavy atom. The van der Waals surface area contributed by atoms with E-state index in [0.29, 0.717) is 11.3 Å². The van der Waals surface area contributed by atoms with Crippen molar-refractivity contribution in [2.75, 3.05) is 22.5 Å². The van der Waals surface area contributed by atoms with E-state index >= 15 is 0 Å². The zero-order chi connectivity index (χ0) is 22.1. The molecule has 1 aromatic heterocycles. The average molecular weight is 416 g/mol. The molecule has 1 atom stereocenters. The molecule has 1 aliphatic rings. The lowest BCUT2D eigenvalue weighted by molar-refractivity contribution is -0.128. The van der Waals surface area contributed by atoms with Crippen LogP contribution in [0.25, 0.3) is 0 Å². The van der Waals surface area contributed by atoms with Crippen LogP contribution in [-0.2, 0) is 9.59 Å². The van der Waals surface area contributed by atoms with Gasteiger partial charge in [0.2, 0.25) is 12.0 Å². The van der Waals surface area contributed by atoms with Crippen LogP contribution < -0.4 is 20.7 Å². The molecule has 0 radical (unpaired) electrons. The first-order valence-electron chi connectivity index (χ1n) is 10.0. The van der Waals surface area contributed by atoms with Crippen molar-refractivity contribution < 1.29 is 14.3 Å². The first-order chi connectivity index (χ1) is 14.8. The smallest absolute Gasteiger partial charge is 0.274 e. The van der Waals surface area contributed by atoms with Gasteiger partial charge in [-0.25, -0.2) is 4.98 Å². The van der Waals surface area contributed by atoms with Crippen LogP contribution in [0, 0.1) is 20.8 Å². The zero-order valence-electron chi connectivity index (χ0n) is 17.7. The molecular formula is C24H24N4O3. The minimum atomic E-state index is -0.866. The van der Waals surface area contributed by atoms with Crippen molar-refractivity contribution >= 4 is 29.1 Å². The first-order valence-corrected chi connectivity index (χ1v) is 10.0. The van der Waals surface area contributed by atoms with E-state index in [1.807, 2.05) is 63.2 Å². The largest absolute Gasteiger partial charge is 0.472 e. The minimum absolute atomic E-state index is 0.207. The Morgan fingerprint density at radius 1 is 1.10 bits per heavy atom. The van der Waals surface area contributed by atoms with Gasteiger partial charge in [-0.05, 0) is 44.0 Å². The summed E-state index contributed by atoms with van der Waals surface area (Å²) in [5.41, 5.74) is 10.3. The number of nitrogens with two attached hydrogens (primary N) is 1. The van der Waals surface area contributed by atoms with Gasteiger partial charge in [0.05, 0.1) is 0 Å². The van der Waals surface area contributed by atoms with Crippen LogP contribution in [0.15, 0.2) is 54.6 Å². The van der Waals surface area contributed by atoms with Gasteiger partial charge in [0.15, 0.2) is 11.6 Å². The van der Waals surface area contributed by atoms with Crippen LogP contribution in [0.5, 0.6) is 5.75 Å². The third kappa shape index (κ3) is 4.07. The molecule has 7 nitrogen and oxygen atoms in total. The van der Waals surface area contributed by atoms with Gasteiger partial charge in [0, 0.05) is 11.3 Å². The number of aromatic nitrogens is 1. The van der Waals surface area contributed by atoms with Crippen molar-refractivity contribution in [1.29, 1.82) is 0 Å². The highest BCUT2D eigenvalue weighted by atomic mass is 16.5. The van der Waals surface area contributed by atoms with Gasteiger partial charge in [-0.1, -0.05) is 48.0 Å². The summed E-state index contributed by atoms with van der Waals surface area (Å²) >= 11 is 0. The minimum Gasteiger partial charge on any atom is -0.472 e. The SMILES string of the molecule is Cc1cc(C)c(NC(=O)CN2C(=O)C(c3ccccc3)Oc3ccc(N)nc32)c(C)c1. The Balaban J connectivity index is 1.65. The van der Waals surface area contributed by atoms with E-state index in [1.165, 1.54) is 4.90 Å². The van der Waals surface area contributed by atoms with Crippen molar-refractivity contribution in [2.45, 2.75) is 26.9 Å². The van der Waals surface area contributed by atoms with Crippen LogP contribution in [0.3, 0.4) is 0 Å². The lowest BCUT2D eigenvalue weighted by atomic mass is 10.0. The fraction of sp³-hybridized carbons (Fsp3) is 0.208. The number of fused-ring (bicyclic) bond motifs is 1. The fourth-order valence-corrected chi connectivity index (χ4v) is 3.85. The predicted molar refractivity (Wildman–Crippen MR) is 120 cm³/mol. The normalized spacial score (nSPS) is 15.3. The topological polar surface area (TPSA) is 97.5 Å². The number of aryl methyl sites for hydroxylation is 3. The van der Waals surface area contributed by atoms with Crippen molar-refractivity contribution in [3.63, 3.8) is 0 Å². The number of amides is 2. The van der Waals surface area contributed by atoms with Gasteiger partial charge in [0.25, 0.3) is 5.91 Å². The standard InChI is InChI=1S/C24H24N4O3/c1-14-11-15(2)21(16(3)12-14)27-20(29)13-28-23-18(9-10-19(25)26-23)31-22(24(28)30)17-7-5-4-6-8-17/h4-12,22H,13H2,1-3H3,(H2,25,26)(H,27,29). The Bertz CT molecular complexity index is 1140. The number of nitrogen functional groups attached to an aromatic ring is 1. The van der Waals surface area contributed by atoms with Gasteiger partial charge in [0.1, 0.15) is 12.4 Å². The van der Waals surface area contributed by atoms with Crippen molar-refractivity contribution in [2.24, 2.45) is 0 Å². The average Bonchev–Trinajstić information content (AvgIpc) is 2.73. The van der Waals surface area contributed by atoms with Crippen LogP contribution in [0.1, 0.15) is 28.4 Å². The summed E-state index contributed by atoms with van der Waals surface area (Å²) in [6, 6.07) is 16.4. The van der Waals surface area contributed by atoms with E-state index in [-0.39, 0.29) is 30.0 Å². The quantitative estimate of drug-likeness (QED) is 0.676. The summed E-state index contributed by atoms with van der Waals surface area (Å²) in [4.78, 5) is 31.8. The number of ether oxygens (including phenoxy) is 1. The molecule has 0 spiro atoms. The maximum atomic E-state index is 13.3. The maximum Gasteiger partial charge on any atom is 0.274 e. The summed E-state index contributed by atoms with van der Waals surface area (Å²) in [6.45, 7) is 5.69. The van der Waals surface area contributed by atoms with Crippen molar-refractivity contribution in [1.82, 2.24) is 4.98 Å². The molecule has 31 heavy (non-hydrogen) atoms. The number of rotatable bonds is 4. The van der Waals surface area contributed by atoms with Gasteiger partial charge in [-0.2, -0.15) is 0 Å². The molecule has 0 saturated carbocycles. The summed E-state index contributed by atoms with van der Waals surface area (Å²) in [5.74, 6) is 0.184. The summed E-state index contributed by atoms with van der Waals surface area (Å²) in [6.07, 6.45) is -0.866. The number of carbonyl (C=O) groups is 2. The Morgan fingerprint density at radius 3 is 2.45 bits per heavy atom. The van der Waals surface area contributed by atoms with E-state index in [0.717, 1.165) is 22.4 Å². The second kappa shape index (κ2) is 8.10. The molecule has 3 N–H and O–H groups in total. The van der Waals surface area contributed by atoms with Crippen LogP contribution in [0.2, 0.25) is 0 Å². The number of nitrogens with zero attached hydrogens (tertiary/aromatic N) is 2. The summed E-state index contributed by atoms with van der Waals surface area (Å²) < 4.78 is 5.93. The summed E-state index contributed by atoms with van der Waals surface area (Å²) in [7, 11) is 0. The molecule has 158 valence electrons. The Kier molecular flexibility index (Phi) is 5.33. The Labute approximate surface area is 180 Å². The lowest BCUT2D eigenvalue weighted by Gasteiger charge is -2.33. The lowest BCUT2D eigenvalue weighted by Crippen LogP contribution is -2.45. The molecule has 0 saturated heterocycles. The maximum absolute atomic E-state index is 13.3. The summed E-state index contributed by atoms with van der Waals surface area (Å²) in [5, 5.41) is 2.94. The van der Waals surface area contributed by atoms with E-state index in [4.69, 9.17) is 10.5 Å². The Hall–Kier alpha value is -3.87. The molecule has 2 aromatic carbocycles. The van der Waals surface area contributed by atoms with Gasteiger partial charge < -0.3 is 15.8 Å². The third-order valence-electron chi connectivity index (χ3n) is 5.20. The van der Waals surface area contributed by atoms with Gasteiger partial charge in [-0.3, -0.25) is 14.5 Å². The second-order valence-corrected chi connectivity index (χ2v) is 7.71. The highest BCUT2D eigenvalue weighted by Crippen LogP contribution is 2.38. The molecule has 2 heterocycles. The van der Waals surface area contributed by atoms with E-state index in [1.54, 1.807) is 12.1 Å². The monoisotopic (exact) mass is 416 g/mol. The highest BCUT2D eigenvalue weighted by molar-refractivity contribution is 6.06. The number of anilines is 3. The predicted octanol–water partition coefficient (Wildman–Crippen LogP) is 3.69. The van der Waals surface area contributed by atoms with Gasteiger partial charge in [-0.15, -0.1) is 0 Å². The molecule has 0 bridgehead atoms. The number of benzene rings is 2. The van der Waals surface area contributed by atoms with E-state index < -0.39 is 6.10 Å². The fourth-order valence-electron chi connectivity index (χ4n) is 3.85. The number of carbonyl (C=O) groups excluding carboxylic acids is 2. The van der Waals surface area contributed by atoms with Crippen molar-refractivity contribution in [3.8, 4) is 5.75 Å². The third-order valence-corrected chi connectivity index (χ3v) is 5.20. The number of hydrogen-bond donors (Lipinski definition) is 2. The number of hydrogen-bond acceptors (Lipinski definition) is 5. The molecule has 4 rings (SSSR count). The molecule has 1 unspecified atom stereocenters. The molecule has 3 aromatic rings. The first kappa shape index (κ1) is 20.4. The molecular weight excluding hydrogens is 392 g/mol. The van der Waals surface area contributed by atoms with Crippen molar-refractivity contribution in [3.05, 3.63) is 76.9 Å². The van der Waals surface area contributed by atoms with Gasteiger partial charge >= 0.3 is 0 Å². The molecule has 2 amide bonds.